The number of amides is 2. The Morgan fingerprint density at radius 3 is 2.67 bits per heavy atom. The minimum atomic E-state index is -0.335. The van der Waals surface area contributed by atoms with Crippen LogP contribution in [0.5, 0.6) is 5.75 Å². The second-order valence-corrected chi connectivity index (χ2v) is 5.27. The molecule has 0 saturated carbocycles. The molecular formula is C15H16N2O3S. The van der Waals surface area contributed by atoms with E-state index in [1.54, 1.807) is 35.6 Å². The van der Waals surface area contributed by atoms with Gasteiger partial charge in [0.1, 0.15) is 5.75 Å². The second-order valence-electron chi connectivity index (χ2n) is 4.24. The van der Waals surface area contributed by atoms with Gasteiger partial charge in [-0.15, -0.1) is 11.3 Å². The van der Waals surface area contributed by atoms with Gasteiger partial charge in [0.25, 0.3) is 5.91 Å². The lowest BCUT2D eigenvalue weighted by atomic mass is 10.2. The molecule has 0 aliphatic rings. The molecule has 0 aliphatic heterocycles. The highest BCUT2D eigenvalue weighted by molar-refractivity contribution is 7.09. The summed E-state index contributed by atoms with van der Waals surface area (Å²) in [5, 5.41) is 7.27. The Morgan fingerprint density at radius 2 is 1.95 bits per heavy atom. The Balaban J connectivity index is 1.82. The maximum atomic E-state index is 12.0. The zero-order valence-electron chi connectivity index (χ0n) is 11.6. The van der Waals surface area contributed by atoms with Gasteiger partial charge in [0.15, 0.2) is 0 Å². The standard InChI is InChI=1S/C15H16N2O3S/c1-20-13-7-3-2-6-12(13)15(19)17-10-14(18)16-9-11-5-4-8-21-11/h2-8H,9-10H2,1H3,(H,16,18)(H,17,19). The molecule has 0 atom stereocenters. The highest BCUT2D eigenvalue weighted by atomic mass is 32.1. The van der Waals surface area contributed by atoms with Gasteiger partial charge in [-0.25, -0.2) is 0 Å². The predicted molar refractivity (Wildman–Crippen MR) is 81.5 cm³/mol. The largest absolute Gasteiger partial charge is 0.496 e. The fraction of sp³-hybridized carbons (Fsp3) is 0.200. The van der Waals surface area contributed by atoms with Crippen LogP contribution in [0.3, 0.4) is 0 Å². The van der Waals surface area contributed by atoms with Crippen LogP contribution in [0.4, 0.5) is 0 Å². The predicted octanol–water partition coefficient (Wildman–Crippen LogP) is 1.80. The highest BCUT2D eigenvalue weighted by Gasteiger charge is 2.12. The summed E-state index contributed by atoms with van der Waals surface area (Å²) in [5.74, 6) is -0.0839. The molecule has 2 rings (SSSR count). The van der Waals surface area contributed by atoms with E-state index in [-0.39, 0.29) is 18.4 Å². The van der Waals surface area contributed by atoms with E-state index in [0.717, 1.165) is 4.88 Å². The van der Waals surface area contributed by atoms with Crippen LogP contribution in [0.25, 0.3) is 0 Å². The molecule has 2 aromatic rings. The van der Waals surface area contributed by atoms with Crippen molar-refractivity contribution in [1.82, 2.24) is 10.6 Å². The van der Waals surface area contributed by atoms with Crippen molar-refractivity contribution in [3.05, 3.63) is 52.2 Å². The number of para-hydroxylation sites is 1. The van der Waals surface area contributed by atoms with Crippen LogP contribution < -0.4 is 15.4 Å². The molecular weight excluding hydrogens is 288 g/mol. The lowest BCUT2D eigenvalue weighted by Gasteiger charge is -2.09. The van der Waals surface area contributed by atoms with E-state index in [4.69, 9.17) is 4.74 Å². The SMILES string of the molecule is COc1ccccc1C(=O)NCC(=O)NCc1cccs1. The van der Waals surface area contributed by atoms with Crippen molar-refractivity contribution in [3.63, 3.8) is 0 Å². The van der Waals surface area contributed by atoms with E-state index in [2.05, 4.69) is 10.6 Å². The zero-order valence-corrected chi connectivity index (χ0v) is 12.4. The quantitative estimate of drug-likeness (QED) is 0.855. The zero-order chi connectivity index (χ0) is 15.1. The van der Waals surface area contributed by atoms with Crippen molar-refractivity contribution in [3.8, 4) is 5.75 Å². The maximum Gasteiger partial charge on any atom is 0.255 e. The number of hydrogen-bond acceptors (Lipinski definition) is 4. The molecule has 1 heterocycles. The first kappa shape index (κ1) is 15.1. The molecule has 6 heteroatoms. The Kier molecular flexibility index (Phi) is 5.34. The lowest BCUT2D eigenvalue weighted by Crippen LogP contribution is -2.36. The number of rotatable bonds is 6. The number of carbonyl (C=O) groups excluding carboxylic acids is 2. The molecule has 1 aromatic carbocycles. The Hall–Kier alpha value is -2.34. The first-order chi connectivity index (χ1) is 10.2. The van der Waals surface area contributed by atoms with Gasteiger partial charge in [-0.3, -0.25) is 9.59 Å². The summed E-state index contributed by atoms with van der Waals surface area (Å²) >= 11 is 1.57. The fourth-order valence-corrected chi connectivity index (χ4v) is 2.39. The molecule has 110 valence electrons. The fourth-order valence-electron chi connectivity index (χ4n) is 1.75. The van der Waals surface area contributed by atoms with Gasteiger partial charge in [-0.05, 0) is 23.6 Å². The number of hydrogen-bond donors (Lipinski definition) is 2. The summed E-state index contributed by atoms with van der Waals surface area (Å²) in [5.41, 5.74) is 0.408. The molecule has 0 saturated heterocycles. The number of ether oxygens (including phenoxy) is 1. The summed E-state index contributed by atoms with van der Waals surface area (Å²) in [7, 11) is 1.50. The van der Waals surface area contributed by atoms with Gasteiger partial charge in [0.05, 0.1) is 25.8 Å². The van der Waals surface area contributed by atoms with Crippen molar-refractivity contribution < 1.29 is 14.3 Å². The van der Waals surface area contributed by atoms with Crippen LogP contribution in [0.2, 0.25) is 0 Å². The van der Waals surface area contributed by atoms with Crippen LogP contribution in [0.15, 0.2) is 41.8 Å². The number of methoxy groups -OCH3 is 1. The third-order valence-corrected chi connectivity index (χ3v) is 3.68. The summed E-state index contributed by atoms with van der Waals surface area (Å²) in [6, 6.07) is 10.7. The van der Waals surface area contributed by atoms with E-state index in [9.17, 15) is 9.59 Å². The van der Waals surface area contributed by atoms with Gasteiger partial charge < -0.3 is 15.4 Å². The molecule has 2 N–H and O–H groups in total. The highest BCUT2D eigenvalue weighted by Crippen LogP contribution is 2.16. The molecule has 2 amide bonds. The Labute approximate surface area is 126 Å². The molecule has 0 aliphatic carbocycles. The molecule has 0 bridgehead atoms. The van der Waals surface area contributed by atoms with E-state index >= 15 is 0 Å². The van der Waals surface area contributed by atoms with Crippen LogP contribution in [-0.4, -0.2) is 25.5 Å². The monoisotopic (exact) mass is 304 g/mol. The minimum Gasteiger partial charge on any atom is -0.496 e. The van der Waals surface area contributed by atoms with E-state index < -0.39 is 0 Å². The van der Waals surface area contributed by atoms with E-state index in [0.29, 0.717) is 17.9 Å². The lowest BCUT2D eigenvalue weighted by molar-refractivity contribution is -0.120. The molecule has 21 heavy (non-hydrogen) atoms. The van der Waals surface area contributed by atoms with Gasteiger partial charge in [-0.2, -0.15) is 0 Å². The second kappa shape index (κ2) is 7.44. The summed E-state index contributed by atoms with van der Waals surface area (Å²) in [4.78, 5) is 24.7. The topological polar surface area (TPSA) is 67.4 Å². The van der Waals surface area contributed by atoms with Crippen molar-refractivity contribution in [2.75, 3.05) is 13.7 Å². The van der Waals surface area contributed by atoms with Crippen molar-refractivity contribution in [2.45, 2.75) is 6.54 Å². The third-order valence-electron chi connectivity index (χ3n) is 2.80. The van der Waals surface area contributed by atoms with Crippen LogP contribution in [-0.2, 0) is 11.3 Å². The number of nitrogens with one attached hydrogen (secondary N) is 2. The first-order valence-electron chi connectivity index (χ1n) is 6.41. The molecule has 0 spiro atoms. The van der Waals surface area contributed by atoms with Gasteiger partial charge in [0.2, 0.25) is 5.91 Å². The molecule has 5 nitrogen and oxygen atoms in total. The number of carbonyl (C=O) groups is 2. The van der Waals surface area contributed by atoms with Crippen LogP contribution >= 0.6 is 11.3 Å². The van der Waals surface area contributed by atoms with Crippen LogP contribution in [0, 0.1) is 0 Å². The minimum absolute atomic E-state index is 0.0672. The van der Waals surface area contributed by atoms with Crippen molar-refractivity contribution in [2.24, 2.45) is 0 Å². The van der Waals surface area contributed by atoms with Gasteiger partial charge in [0, 0.05) is 4.88 Å². The third kappa shape index (κ3) is 4.32. The normalized spacial score (nSPS) is 9.95. The van der Waals surface area contributed by atoms with Crippen molar-refractivity contribution in [1.29, 1.82) is 0 Å². The summed E-state index contributed by atoms with van der Waals surface area (Å²) < 4.78 is 5.11. The van der Waals surface area contributed by atoms with E-state index in [1.807, 2.05) is 17.5 Å². The van der Waals surface area contributed by atoms with Gasteiger partial charge >= 0.3 is 0 Å². The smallest absolute Gasteiger partial charge is 0.255 e. The Morgan fingerprint density at radius 1 is 1.14 bits per heavy atom. The maximum absolute atomic E-state index is 12.0. The molecule has 0 radical (unpaired) electrons. The van der Waals surface area contributed by atoms with Crippen molar-refractivity contribution >= 4 is 23.2 Å². The van der Waals surface area contributed by atoms with Crippen LogP contribution in [0.1, 0.15) is 15.2 Å². The molecule has 0 fully saturated rings. The number of thiophene rings is 1. The first-order valence-corrected chi connectivity index (χ1v) is 7.29. The van der Waals surface area contributed by atoms with E-state index in [1.165, 1.54) is 7.11 Å². The summed E-state index contributed by atoms with van der Waals surface area (Å²) in [6.45, 7) is 0.406. The average Bonchev–Trinajstić information content (AvgIpc) is 3.04. The number of benzene rings is 1. The van der Waals surface area contributed by atoms with Gasteiger partial charge in [-0.1, -0.05) is 18.2 Å². The molecule has 1 aromatic heterocycles. The summed E-state index contributed by atoms with van der Waals surface area (Å²) in [6.07, 6.45) is 0. The Bertz CT molecular complexity index is 611. The molecule has 0 unspecified atom stereocenters. The average molecular weight is 304 g/mol.